The van der Waals surface area contributed by atoms with E-state index in [4.69, 9.17) is 4.74 Å². The van der Waals surface area contributed by atoms with Gasteiger partial charge in [-0.05, 0) is 25.0 Å². The fraction of sp³-hybridized carbons (Fsp3) is 0.353. The topological polar surface area (TPSA) is 76.1 Å². The van der Waals surface area contributed by atoms with E-state index in [0.29, 0.717) is 43.3 Å². The first-order valence-electron chi connectivity index (χ1n) is 7.70. The van der Waals surface area contributed by atoms with Gasteiger partial charge >= 0.3 is 0 Å². The maximum Gasteiger partial charge on any atom is 0.270 e. The number of nitrogens with zero attached hydrogens (tertiary/aromatic N) is 2. The average molecular weight is 332 g/mol. The number of rotatable bonds is 8. The summed E-state index contributed by atoms with van der Waals surface area (Å²) in [5, 5.41) is 5.81. The van der Waals surface area contributed by atoms with E-state index in [0.717, 1.165) is 0 Å². The molecule has 1 heterocycles. The molecule has 0 bridgehead atoms. The van der Waals surface area contributed by atoms with E-state index in [-0.39, 0.29) is 17.4 Å². The Morgan fingerprint density at radius 1 is 1.25 bits per heavy atom. The third-order valence-electron chi connectivity index (χ3n) is 3.32. The van der Waals surface area contributed by atoms with Gasteiger partial charge in [0.1, 0.15) is 23.2 Å². The number of anilines is 1. The molecule has 7 heteroatoms. The van der Waals surface area contributed by atoms with Gasteiger partial charge in [0.05, 0.1) is 6.61 Å². The van der Waals surface area contributed by atoms with E-state index in [9.17, 15) is 9.18 Å². The third kappa shape index (κ3) is 5.27. The SMILES string of the molecule is COCCNc1cc(C(=O)NCCc2ccccc2F)nc(C)n1. The van der Waals surface area contributed by atoms with E-state index >= 15 is 0 Å². The van der Waals surface area contributed by atoms with Crippen molar-refractivity contribution < 1.29 is 13.9 Å². The van der Waals surface area contributed by atoms with Crippen molar-refractivity contribution in [2.45, 2.75) is 13.3 Å². The molecule has 1 amide bonds. The van der Waals surface area contributed by atoms with Crippen molar-refractivity contribution in [1.29, 1.82) is 0 Å². The molecule has 2 aromatic rings. The Bertz CT molecular complexity index is 694. The van der Waals surface area contributed by atoms with Crippen molar-refractivity contribution in [3.8, 4) is 0 Å². The van der Waals surface area contributed by atoms with Gasteiger partial charge in [-0.2, -0.15) is 0 Å². The number of nitrogens with one attached hydrogen (secondary N) is 2. The largest absolute Gasteiger partial charge is 0.383 e. The first-order chi connectivity index (χ1) is 11.6. The number of amides is 1. The van der Waals surface area contributed by atoms with Crippen molar-refractivity contribution in [3.63, 3.8) is 0 Å². The summed E-state index contributed by atoms with van der Waals surface area (Å²) < 4.78 is 18.5. The number of benzene rings is 1. The highest BCUT2D eigenvalue weighted by Crippen LogP contribution is 2.08. The highest BCUT2D eigenvalue weighted by Gasteiger charge is 2.10. The Labute approximate surface area is 140 Å². The van der Waals surface area contributed by atoms with Crippen molar-refractivity contribution in [3.05, 3.63) is 53.2 Å². The van der Waals surface area contributed by atoms with Gasteiger partial charge in [0.2, 0.25) is 0 Å². The molecule has 0 radical (unpaired) electrons. The molecule has 0 saturated heterocycles. The van der Waals surface area contributed by atoms with Crippen LogP contribution >= 0.6 is 0 Å². The van der Waals surface area contributed by atoms with Crippen LogP contribution < -0.4 is 10.6 Å². The van der Waals surface area contributed by atoms with Gasteiger partial charge in [-0.3, -0.25) is 4.79 Å². The summed E-state index contributed by atoms with van der Waals surface area (Å²) in [6.07, 6.45) is 0.418. The van der Waals surface area contributed by atoms with Crippen LogP contribution in [0.15, 0.2) is 30.3 Å². The Balaban J connectivity index is 1.93. The van der Waals surface area contributed by atoms with Gasteiger partial charge in [0.15, 0.2) is 0 Å². The molecule has 0 unspecified atom stereocenters. The van der Waals surface area contributed by atoms with E-state index in [2.05, 4.69) is 20.6 Å². The van der Waals surface area contributed by atoms with Crippen molar-refractivity contribution in [2.24, 2.45) is 0 Å². The summed E-state index contributed by atoms with van der Waals surface area (Å²) in [4.78, 5) is 20.6. The number of aromatic nitrogens is 2. The van der Waals surface area contributed by atoms with Crippen LogP contribution in [-0.2, 0) is 11.2 Å². The van der Waals surface area contributed by atoms with Gasteiger partial charge in [0, 0.05) is 26.3 Å². The van der Waals surface area contributed by atoms with Crippen molar-refractivity contribution >= 4 is 11.7 Å². The third-order valence-corrected chi connectivity index (χ3v) is 3.32. The molecule has 6 nitrogen and oxygen atoms in total. The van der Waals surface area contributed by atoms with Crippen LogP contribution in [-0.4, -0.2) is 42.7 Å². The Morgan fingerprint density at radius 3 is 2.79 bits per heavy atom. The summed E-state index contributed by atoms with van der Waals surface area (Å²) >= 11 is 0. The zero-order valence-corrected chi connectivity index (χ0v) is 13.8. The molecule has 0 aliphatic carbocycles. The second-order valence-corrected chi connectivity index (χ2v) is 5.20. The number of hydrogen-bond acceptors (Lipinski definition) is 5. The molecule has 24 heavy (non-hydrogen) atoms. The minimum atomic E-state index is -0.313. The molecule has 0 aliphatic heterocycles. The molecular weight excluding hydrogens is 311 g/mol. The lowest BCUT2D eigenvalue weighted by molar-refractivity contribution is 0.0948. The molecule has 0 aliphatic rings. The summed E-state index contributed by atoms with van der Waals surface area (Å²) in [6, 6.07) is 8.10. The normalized spacial score (nSPS) is 10.5. The fourth-order valence-electron chi connectivity index (χ4n) is 2.16. The maximum atomic E-state index is 13.5. The summed E-state index contributed by atoms with van der Waals surface area (Å²) in [7, 11) is 1.61. The van der Waals surface area contributed by atoms with Crippen molar-refractivity contribution in [2.75, 3.05) is 32.1 Å². The molecule has 2 N–H and O–H groups in total. The standard InChI is InChI=1S/C17H21FN4O2/c1-12-21-15(11-16(22-12)19-9-10-24-2)17(23)20-8-7-13-5-3-4-6-14(13)18/h3-6,11H,7-10H2,1-2H3,(H,20,23)(H,19,21,22). The molecule has 2 rings (SSSR count). The smallest absolute Gasteiger partial charge is 0.270 e. The Hall–Kier alpha value is -2.54. The van der Waals surface area contributed by atoms with E-state index in [1.165, 1.54) is 6.07 Å². The number of halogens is 1. The Kier molecular flexibility index (Phi) is 6.62. The lowest BCUT2D eigenvalue weighted by Gasteiger charge is -2.09. The lowest BCUT2D eigenvalue weighted by Crippen LogP contribution is -2.27. The van der Waals surface area contributed by atoms with Crippen LogP contribution in [0.4, 0.5) is 10.2 Å². The number of ether oxygens (including phenoxy) is 1. The predicted molar refractivity (Wildman–Crippen MR) is 89.6 cm³/mol. The molecule has 1 aromatic heterocycles. The van der Waals surface area contributed by atoms with Crippen molar-refractivity contribution in [1.82, 2.24) is 15.3 Å². The lowest BCUT2D eigenvalue weighted by atomic mass is 10.1. The van der Waals surface area contributed by atoms with Crippen LogP contribution in [0.2, 0.25) is 0 Å². The number of carbonyl (C=O) groups is 1. The molecule has 0 fully saturated rings. The quantitative estimate of drug-likeness (QED) is 0.723. The zero-order chi connectivity index (χ0) is 17.4. The zero-order valence-electron chi connectivity index (χ0n) is 13.8. The molecular formula is C17H21FN4O2. The summed E-state index contributed by atoms with van der Waals surface area (Å²) in [5.74, 6) is 0.483. The van der Waals surface area contributed by atoms with Gasteiger partial charge in [-0.1, -0.05) is 18.2 Å². The number of carbonyl (C=O) groups excluding carboxylic acids is 1. The highest BCUT2D eigenvalue weighted by atomic mass is 19.1. The molecule has 0 spiro atoms. The molecule has 1 aromatic carbocycles. The van der Waals surface area contributed by atoms with Crippen LogP contribution in [0.5, 0.6) is 0 Å². The van der Waals surface area contributed by atoms with Gasteiger partial charge in [-0.15, -0.1) is 0 Å². The summed E-state index contributed by atoms with van der Waals surface area (Å²) in [5.41, 5.74) is 0.842. The summed E-state index contributed by atoms with van der Waals surface area (Å²) in [6.45, 7) is 3.17. The molecule has 0 atom stereocenters. The second kappa shape index (κ2) is 8.93. The van der Waals surface area contributed by atoms with Gasteiger partial charge < -0.3 is 15.4 Å². The van der Waals surface area contributed by atoms with Gasteiger partial charge in [-0.25, -0.2) is 14.4 Å². The first kappa shape index (κ1) is 17.8. The highest BCUT2D eigenvalue weighted by molar-refractivity contribution is 5.92. The molecule has 128 valence electrons. The fourth-order valence-corrected chi connectivity index (χ4v) is 2.16. The number of hydrogen-bond donors (Lipinski definition) is 2. The van der Waals surface area contributed by atoms with Crippen LogP contribution in [0.25, 0.3) is 0 Å². The number of methoxy groups -OCH3 is 1. The van der Waals surface area contributed by atoms with Crippen LogP contribution in [0, 0.1) is 12.7 Å². The molecule has 0 saturated carbocycles. The van der Waals surface area contributed by atoms with Gasteiger partial charge in [0.25, 0.3) is 5.91 Å². The van der Waals surface area contributed by atoms with E-state index < -0.39 is 0 Å². The predicted octanol–water partition coefficient (Wildman–Crippen LogP) is 1.95. The Morgan fingerprint density at radius 2 is 2.04 bits per heavy atom. The van der Waals surface area contributed by atoms with E-state index in [1.54, 1.807) is 38.3 Å². The second-order valence-electron chi connectivity index (χ2n) is 5.20. The first-order valence-corrected chi connectivity index (χ1v) is 7.70. The average Bonchev–Trinajstić information content (AvgIpc) is 2.56. The minimum Gasteiger partial charge on any atom is -0.383 e. The van der Waals surface area contributed by atoms with E-state index in [1.807, 2.05) is 0 Å². The number of aryl methyl sites for hydroxylation is 1. The monoisotopic (exact) mass is 332 g/mol. The van der Waals surface area contributed by atoms with Crippen LogP contribution in [0.3, 0.4) is 0 Å². The van der Waals surface area contributed by atoms with Crippen LogP contribution in [0.1, 0.15) is 21.9 Å². The maximum absolute atomic E-state index is 13.5. The minimum absolute atomic E-state index is 0.269.